The first-order valence-electron chi connectivity index (χ1n) is 9.79. The highest BCUT2D eigenvalue weighted by molar-refractivity contribution is 7.13. The Morgan fingerprint density at radius 3 is 2.90 bits per heavy atom. The zero-order valence-electron chi connectivity index (χ0n) is 16.2. The molecule has 9 heteroatoms. The highest BCUT2D eigenvalue weighted by atomic mass is 32.1. The van der Waals surface area contributed by atoms with Crippen LogP contribution < -0.4 is 5.32 Å². The van der Waals surface area contributed by atoms with Crippen molar-refractivity contribution in [3.8, 4) is 10.8 Å². The predicted molar refractivity (Wildman–Crippen MR) is 105 cm³/mol. The maximum atomic E-state index is 12.8. The first-order chi connectivity index (χ1) is 14.0. The van der Waals surface area contributed by atoms with E-state index in [0.717, 1.165) is 24.2 Å². The fourth-order valence-electron chi connectivity index (χ4n) is 3.95. The number of nitrogens with zero attached hydrogens (tertiary/aromatic N) is 2. The van der Waals surface area contributed by atoms with Gasteiger partial charge in [-0.3, -0.25) is 14.5 Å². The van der Waals surface area contributed by atoms with Gasteiger partial charge in [-0.1, -0.05) is 13.3 Å². The van der Waals surface area contributed by atoms with E-state index in [1.165, 1.54) is 11.3 Å². The van der Waals surface area contributed by atoms with E-state index >= 15 is 0 Å². The van der Waals surface area contributed by atoms with Crippen molar-refractivity contribution in [3.63, 3.8) is 0 Å². The summed E-state index contributed by atoms with van der Waals surface area (Å²) in [6, 6.07) is 3.06. The van der Waals surface area contributed by atoms with Crippen molar-refractivity contribution in [2.45, 2.75) is 51.2 Å². The quantitative estimate of drug-likeness (QED) is 0.571. The van der Waals surface area contributed by atoms with Crippen LogP contribution in [0.1, 0.15) is 44.7 Å². The number of urea groups is 1. The molecule has 0 radical (unpaired) electrons. The number of nitrogens with one attached hydrogen (secondary N) is 1. The fourth-order valence-corrected chi connectivity index (χ4v) is 4.72. The Morgan fingerprint density at radius 2 is 2.21 bits per heavy atom. The summed E-state index contributed by atoms with van der Waals surface area (Å²) < 4.78 is 10.5. The summed E-state index contributed by atoms with van der Waals surface area (Å²) in [6.07, 6.45) is 5.69. The lowest BCUT2D eigenvalue weighted by atomic mass is 9.75. The van der Waals surface area contributed by atoms with Crippen LogP contribution in [-0.2, 0) is 20.9 Å². The minimum absolute atomic E-state index is 0.0248. The van der Waals surface area contributed by atoms with E-state index in [0.29, 0.717) is 35.2 Å². The molecule has 1 aliphatic heterocycles. The fraction of sp³-hybridized carbons (Fsp3) is 0.500. The molecule has 1 saturated heterocycles. The van der Waals surface area contributed by atoms with Crippen LogP contribution in [-0.4, -0.2) is 39.9 Å². The molecule has 2 aromatic rings. The van der Waals surface area contributed by atoms with Crippen LogP contribution in [0.15, 0.2) is 28.2 Å². The van der Waals surface area contributed by atoms with Gasteiger partial charge in [0, 0.05) is 5.38 Å². The van der Waals surface area contributed by atoms with Crippen LogP contribution in [0.3, 0.4) is 0 Å². The standard InChI is InChI=1S/C20H23N3O5S/c1-2-13-5-7-20(8-6-13)18(25)23(19(26)22-20)10-16(24)28-11-14-12-29-17(21-14)15-4-3-9-27-15/h3-4,9,12-13H,2,5-8,10-11H2,1H3,(H,22,26). The molecule has 1 saturated carbocycles. The van der Waals surface area contributed by atoms with Crippen molar-refractivity contribution < 1.29 is 23.5 Å². The van der Waals surface area contributed by atoms with Gasteiger partial charge >= 0.3 is 12.0 Å². The molecule has 1 spiro atoms. The van der Waals surface area contributed by atoms with Gasteiger partial charge in [0.05, 0.1) is 12.0 Å². The molecule has 4 rings (SSSR count). The van der Waals surface area contributed by atoms with Crippen molar-refractivity contribution >= 4 is 29.2 Å². The Kier molecular flexibility index (Phi) is 5.40. The van der Waals surface area contributed by atoms with E-state index in [9.17, 15) is 14.4 Å². The lowest BCUT2D eigenvalue weighted by molar-refractivity contribution is -0.149. The SMILES string of the molecule is CCC1CCC2(CC1)NC(=O)N(CC(=O)OCc1csc(-c3ccco3)n1)C2=O. The van der Waals surface area contributed by atoms with Crippen molar-refractivity contribution in [2.75, 3.05) is 6.54 Å². The van der Waals surface area contributed by atoms with Crippen LogP contribution in [0.4, 0.5) is 4.79 Å². The van der Waals surface area contributed by atoms with Crippen LogP contribution in [0, 0.1) is 5.92 Å². The van der Waals surface area contributed by atoms with E-state index in [1.54, 1.807) is 23.8 Å². The van der Waals surface area contributed by atoms with E-state index in [1.807, 2.05) is 0 Å². The highest BCUT2D eigenvalue weighted by Gasteiger charge is 2.52. The zero-order chi connectivity index (χ0) is 20.4. The number of rotatable bonds is 6. The van der Waals surface area contributed by atoms with Gasteiger partial charge in [-0.25, -0.2) is 9.78 Å². The first-order valence-corrected chi connectivity index (χ1v) is 10.7. The number of hydrogen-bond acceptors (Lipinski definition) is 7. The van der Waals surface area contributed by atoms with Crippen LogP contribution in [0.2, 0.25) is 0 Å². The zero-order valence-corrected chi connectivity index (χ0v) is 17.0. The number of imide groups is 1. The molecule has 3 amide bonds. The van der Waals surface area contributed by atoms with Gasteiger partial charge < -0.3 is 14.5 Å². The van der Waals surface area contributed by atoms with Gasteiger partial charge in [0.1, 0.15) is 18.7 Å². The van der Waals surface area contributed by atoms with Crippen molar-refractivity contribution in [1.82, 2.24) is 15.2 Å². The summed E-state index contributed by atoms with van der Waals surface area (Å²) in [5.41, 5.74) is -0.267. The van der Waals surface area contributed by atoms with Crippen molar-refractivity contribution in [2.24, 2.45) is 5.92 Å². The number of carbonyl (C=O) groups excluding carboxylic acids is 3. The number of ether oxygens (including phenoxy) is 1. The normalized spacial score (nSPS) is 24.2. The van der Waals surface area contributed by atoms with E-state index in [2.05, 4.69) is 17.2 Å². The molecule has 3 heterocycles. The predicted octanol–water partition coefficient (Wildman–Crippen LogP) is 3.34. The summed E-state index contributed by atoms with van der Waals surface area (Å²) in [6.45, 7) is 1.72. The van der Waals surface area contributed by atoms with Gasteiger partial charge in [0.2, 0.25) is 0 Å². The van der Waals surface area contributed by atoms with Crippen LogP contribution >= 0.6 is 11.3 Å². The maximum absolute atomic E-state index is 12.8. The van der Waals surface area contributed by atoms with Gasteiger partial charge in [-0.05, 0) is 43.7 Å². The van der Waals surface area contributed by atoms with Crippen molar-refractivity contribution in [3.05, 3.63) is 29.5 Å². The highest BCUT2D eigenvalue weighted by Crippen LogP contribution is 2.37. The largest absolute Gasteiger partial charge is 0.462 e. The summed E-state index contributed by atoms with van der Waals surface area (Å²) in [5, 5.41) is 5.29. The third-order valence-electron chi connectivity index (χ3n) is 5.73. The molecule has 0 aromatic carbocycles. The Morgan fingerprint density at radius 1 is 1.41 bits per heavy atom. The molecule has 0 unspecified atom stereocenters. The lowest BCUT2D eigenvalue weighted by Crippen LogP contribution is -2.49. The Balaban J connectivity index is 1.32. The summed E-state index contributed by atoms with van der Waals surface area (Å²) in [4.78, 5) is 42.7. The monoisotopic (exact) mass is 417 g/mol. The Bertz CT molecular complexity index is 899. The van der Waals surface area contributed by atoms with E-state index in [-0.39, 0.29) is 12.5 Å². The third kappa shape index (κ3) is 3.91. The molecule has 0 bridgehead atoms. The number of amides is 3. The molecule has 154 valence electrons. The summed E-state index contributed by atoms with van der Waals surface area (Å²) in [7, 11) is 0. The number of hydrogen-bond donors (Lipinski definition) is 1. The number of furan rings is 1. The minimum Gasteiger partial charge on any atom is -0.462 e. The van der Waals surface area contributed by atoms with Gasteiger partial charge in [0.15, 0.2) is 10.8 Å². The molecule has 0 atom stereocenters. The average Bonchev–Trinajstić information content (AvgIpc) is 3.45. The van der Waals surface area contributed by atoms with E-state index in [4.69, 9.17) is 9.15 Å². The summed E-state index contributed by atoms with van der Waals surface area (Å²) in [5.74, 6) is 0.284. The second kappa shape index (κ2) is 7.98. The number of thiazole rings is 1. The molecule has 2 aliphatic rings. The number of carbonyl (C=O) groups is 3. The van der Waals surface area contributed by atoms with Crippen molar-refractivity contribution in [1.29, 1.82) is 0 Å². The average molecular weight is 417 g/mol. The second-order valence-electron chi connectivity index (χ2n) is 7.54. The second-order valence-corrected chi connectivity index (χ2v) is 8.40. The smallest absolute Gasteiger partial charge is 0.326 e. The first kappa shape index (κ1) is 19.6. The third-order valence-corrected chi connectivity index (χ3v) is 6.64. The molecule has 1 N–H and O–H groups in total. The topological polar surface area (TPSA) is 102 Å². The van der Waals surface area contributed by atoms with Gasteiger partial charge in [-0.15, -0.1) is 11.3 Å². The number of esters is 1. The Hall–Kier alpha value is -2.68. The van der Waals surface area contributed by atoms with Gasteiger partial charge in [-0.2, -0.15) is 0 Å². The molecule has 2 fully saturated rings. The van der Waals surface area contributed by atoms with Gasteiger partial charge in [0.25, 0.3) is 5.91 Å². The Labute approximate surface area is 172 Å². The molecule has 2 aromatic heterocycles. The van der Waals surface area contributed by atoms with E-state index < -0.39 is 24.1 Å². The minimum atomic E-state index is -0.851. The maximum Gasteiger partial charge on any atom is 0.326 e. The lowest BCUT2D eigenvalue weighted by Gasteiger charge is -2.34. The number of aromatic nitrogens is 1. The molecular weight excluding hydrogens is 394 g/mol. The molecule has 1 aliphatic carbocycles. The molecule has 29 heavy (non-hydrogen) atoms. The van der Waals surface area contributed by atoms with Crippen LogP contribution in [0.25, 0.3) is 10.8 Å². The van der Waals surface area contributed by atoms with Crippen LogP contribution in [0.5, 0.6) is 0 Å². The molecular formula is C20H23N3O5S. The molecule has 8 nitrogen and oxygen atoms in total. The summed E-state index contributed by atoms with van der Waals surface area (Å²) >= 11 is 1.38.